The maximum absolute atomic E-state index is 10.6. The molecule has 11 heavy (non-hydrogen) atoms. The summed E-state index contributed by atoms with van der Waals surface area (Å²) in [5.41, 5.74) is 1.27. The molecule has 2 heteroatoms. The van der Waals surface area contributed by atoms with Gasteiger partial charge >= 0.3 is 72.6 Å². The van der Waals surface area contributed by atoms with Gasteiger partial charge in [-0.25, -0.2) is 0 Å². The van der Waals surface area contributed by atoms with Crippen LogP contribution in [0.5, 0.6) is 0 Å². The van der Waals surface area contributed by atoms with Gasteiger partial charge in [0.05, 0.1) is 0 Å². The van der Waals surface area contributed by atoms with Crippen LogP contribution in [0.25, 0.3) is 0 Å². The normalized spacial score (nSPS) is 9.55. The molecule has 1 aromatic carbocycles. The molecule has 0 fully saturated rings. The Bertz CT molecular complexity index is 231. The molecule has 1 aromatic rings. The van der Waals surface area contributed by atoms with Gasteiger partial charge in [0.15, 0.2) is 0 Å². The van der Waals surface area contributed by atoms with Crippen molar-refractivity contribution >= 4 is 19.6 Å². The third kappa shape index (κ3) is 3.35. The monoisotopic (exact) mass is 214 g/mol. The fourth-order valence-electron chi connectivity index (χ4n) is 0.759. The molecule has 0 N–H and O–H groups in total. The molecule has 1 nitrogen and oxygen atoms in total. The number of rotatable bonds is 3. The van der Waals surface area contributed by atoms with Crippen LogP contribution < -0.4 is 0 Å². The molecule has 0 heterocycles. The molecular weight excluding hydrogens is 203 g/mol. The summed E-state index contributed by atoms with van der Waals surface area (Å²) < 4.78 is 0.321. The Balaban J connectivity index is 2.45. The Morgan fingerprint density at radius 1 is 1.36 bits per heavy atom. The van der Waals surface area contributed by atoms with Crippen molar-refractivity contribution in [2.75, 3.05) is 0 Å². The second kappa shape index (κ2) is 4.32. The second-order valence-electron chi connectivity index (χ2n) is 2.27. The minimum atomic E-state index is 0.140. The van der Waals surface area contributed by atoms with E-state index in [1.54, 1.807) is 6.92 Å². The van der Waals surface area contributed by atoms with Gasteiger partial charge in [-0.05, 0) is 0 Å². The van der Waals surface area contributed by atoms with E-state index in [1.165, 1.54) is 5.56 Å². The van der Waals surface area contributed by atoms with Gasteiger partial charge in [-0.2, -0.15) is 0 Å². The molecule has 0 atom stereocenters. The Labute approximate surface area is 73.0 Å². The van der Waals surface area contributed by atoms with E-state index < -0.39 is 0 Å². The van der Waals surface area contributed by atoms with Gasteiger partial charge in [0.25, 0.3) is 0 Å². The van der Waals surface area contributed by atoms with E-state index in [0.717, 1.165) is 5.32 Å². The molecule has 0 aliphatic rings. The van der Waals surface area contributed by atoms with Crippen molar-refractivity contribution in [3.05, 3.63) is 35.9 Å². The Hall–Kier alpha value is -0.591. The predicted octanol–water partition coefficient (Wildman–Crippen LogP) is 1.44. The first-order valence-corrected chi connectivity index (χ1v) is 5.53. The van der Waals surface area contributed by atoms with Gasteiger partial charge in [-0.15, -0.1) is 0 Å². The first-order chi connectivity index (χ1) is 5.29. The zero-order valence-electron chi connectivity index (χ0n) is 6.41. The van der Waals surface area contributed by atoms with Crippen LogP contribution in [-0.4, -0.2) is 19.6 Å². The minimum absolute atomic E-state index is 0.140. The van der Waals surface area contributed by atoms with Crippen LogP contribution in [-0.2, 0) is 10.1 Å². The van der Waals surface area contributed by atoms with Crippen molar-refractivity contribution in [3.8, 4) is 0 Å². The number of hydrogen-bond donors (Lipinski definition) is 0. The van der Waals surface area contributed by atoms with Crippen molar-refractivity contribution in [2.24, 2.45) is 0 Å². The second-order valence-corrected chi connectivity index (χ2v) is 4.68. The molecule has 1 rings (SSSR count). The first kappa shape index (κ1) is 8.51. The number of benzene rings is 1. The average Bonchev–Trinajstić information content (AvgIpc) is 2.03. The molecule has 0 amide bonds. The molecule has 0 bridgehead atoms. The zero-order chi connectivity index (χ0) is 8.10. The van der Waals surface area contributed by atoms with Gasteiger partial charge in [-0.3, -0.25) is 0 Å². The van der Waals surface area contributed by atoms with E-state index in [-0.39, 0.29) is 15.0 Å². The topological polar surface area (TPSA) is 17.1 Å². The molecule has 0 radical (unpaired) electrons. The fraction of sp³-hybridized carbons (Fsp3) is 0.222. The summed E-state index contributed by atoms with van der Waals surface area (Å²) in [7, 11) is 0. The van der Waals surface area contributed by atoms with Gasteiger partial charge in [-0.1, -0.05) is 0 Å². The van der Waals surface area contributed by atoms with E-state index in [1.807, 2.05) is 18.2 Å². The summed E-state index contributed by atoms with van der Waals surface area (Å²) in [5, 5.41) is 0.934. The van der Waals surface area contributed by atoms with Crippen molar-refractivity contribution in [2.45, 2.75) is 12.2 Å². The summed E-state index contributed by atoms with van der Waals surface area (Å²) in [6, 6.07) is 10.1. The van der Waals surface area contributed by atoms with Gasteiger partial charge in [0.1, 0.15) is 0 Å². The Morgan fingerprint density at radius 3 is 2.55 bits per heavy atom. The van der Waals surface area contributed by atoms with Crippen LogP contribution in [0, 0.1) is 0 Å². The third-order valence-electron chi connectivity index (χ3n) is 1.28. The first-order valence-electron chi connectivity index (χ1n) is 3.46. The van der Waals surface area contributed by atoms with Crippen molar-refractivity contribution in [1.29, 1.82) is 0 Å². The average molecular weight is 213 g/mol. The van der Waals surface area contributed by atoms with E-state index in [0.29, 0.717) is 4.68 Å². The quantitative estimate of drug-likeness (QED) is 0.694. The van der Waals surface area contributed by atoms with Crippen LogP contribution in [0.15, 0.2) is 30.3 Å². The summed E-state index contributed by atoms with van der Waals surface area (Å²) in [4.78, 5) is 10.6. The van der Waals surface area contributed by atoms with E-state index >= 15 is 0 Å². The summed E-state index contributed by atoms with van der Waals surface area (Å²) in [6.45, 7) is 1.66. The fourth-order valence-corrected chi connectivity index (χ4v) is 1.94. The molecule has 0 saturated heterocycles. The van der Waals surface area contributed by atoms with Crippen LogP contribution in [0.4, 0.5) is 0 Å². The summed E-state index contributed by atoms with van der Waals surface area (Å²) >= 11 is 0.140. The molecular formula is C9H10OSe. The van der Waals surface area contributed by atoms with Crippen molar-refractivity contribution in [1.82, 2.24) is 0 Å². The van der Waals surface area contributed by atoms with E-state index in [2.05, 4.69) is 12.1 Å². The summed E-state index contributed by atoms with van der Waals surface area (Å²) in [6.07, 6.45) is 0. The van der Waals surface area contributed by atoms with Gasteiger partial charge in [0.2, 0.25) is 0 Å². The van der Waals surface area contributed by atoms with Crippen molar-refractivity contribution in [3.63, 3.8) is 0 Å². The van der Waals surface area contributed by atoms with Crippen LogP contribution in [0.3, 0.4) is 0 Å². The Kier molecular flexibility index (Phi) is 3.34. The number of carbonyl (C=O) groups is 1. The predicted molar refractivity (Wildman–Crippen MR) is 46.6 cm³/mol. The SMILES string of the molecule is CC(=O)[Se]Cc1ccccc1. The maximum atomic E-state index is 10.6. The molecule has 58 valence electrons. The third-order valence-corrected chi connectivity index (χ3v) is 3.14. The number of carbonyl (C=O) groups excluding carboxylic acids is 1. The molecule has 0 saturated carbocycles. The van der Waals surface area contributed by atoms with Crippen LogP contribution >= 0.6 is 0 Å². The molecule has 0 aliphatic carbocycles. The molecule has 0 unspecified atom stereocenters. The van der Waals surface area contributed by atoms with E-state index in [9.17, 15) is 4.79 Å². The zero-order valence-corrected chi connectivity index (χ0v) is 8.12. The standard InChI is InChI=1S/C9H10OSe/c1-8(10)11-7-9-5-3-2-4-6-9/h2-6H,7H2,1H3. The molecule has 0 aromatic heterocycles. The van der Waals surface area contributed by atoms with Gasteiger partial charge < -0.3 is 0 Å². The molecule has 0 spiro atoms. The Morgan fingerprint density at radius 2 is 2.00 bits per heavy atom. The van der Waals surface area contributed by atoms with Crippen molar-refractivity contribution < 1.29 is 4.79 Å². The van der Waals surface area contributed by atoms with Crippen LogP contribution in [0.2, 0.25) is 0 Å². The molecule has 0 aliphatic heterocycles. The van der Waals surface area contributed by atoms with E-state index in [4.69, 9.17) is 0 Å². The number of hydrogen-bond acceptors (Lipinski definition) is 1. The summed E-state index contributed by atoms with van der Waals surface area (Å²) in [5.74, 6) is 0. The van der Waals surface area contributed by atoms with Crippen LogP contribution in [0.1, 0.15) is 12.5 Å². The van der Waals surface area contributed by atoms with Gasteiger partial charge in [0, 0.05) is 0 Å².